The van der Waals surface area contributed by atoms with Crippen molar-refractivity contribution >= 4 is 11.9 Å². The molecule has 2 saturated carbocycles. The van der Waals surface area contributed by atoms with Crippen LogP contribution in [0.15, 0.2) is 0 Å². The molecular formula is C50H95NO5. The first kappa shape index (κ1) is 51.0. The van der Waals surface area contributed by atoms with E-state index in [0.29, 0.717) is 43.9 Å². The van der Waals surface area contributed by atoms with Crippen molar-refractivity contribution in [2.24, 2.45) is 11.8 Å². The molecule has 0 aliphatic heterocycles. The Balaban J connectivity index is 1.63. The summed E-state index contributed by atoms with van der Waals surface area (Å²) in [4.78, 5) is 28.1. The van der Waals surface area contributed by atoms with E-state index in [4.69, 9.17) is 9.47 Å². The molecule has 0 aromatic rings. The third-order valence-electron chi connectivity index (χ3n) is 13.3. The molecule has 2 fully saturated rings. The van der Waals surface area contributed by atoms with Gasteiger partial charge in [0.15, 0.2) is 0 Å². The number of carbonyl (C=O) groups is 2. The summed E-state index contributed by atoms with van der Waals surface area (Å²) >= 11 is 0. The van der Waals surface area contributed by atoms with Crippen LogP contribution in [0.2, 0.25) is 0 Å². The molecule has 0 aromatic carbocycles. The molecule has 0 amide bonds. The van der Waals surface area contributed by atoms with Gasteiger partial charge in [0, 0.05) is 25.5 Å². The molecule has 6 nitrogen and oxygen atoms in total. The molecule has 1 N–H and O–H groups in total. The van der Waals surface area contributed by atoms with E-state index in [-0.39, 0.29) is 18.5 Å². The van der Waals surface area contributed by atoms with Crippen LogP contribution in [-0.4, -0.2) is 61.4 Å². The number of unbranched alkanes of at least 4 members (excludes halogenated alkanes) is 5. The summed E-state index contributed by atoms with van der Waals surface area (Å²) in [6, 6.07) is 0.525. The van der Waals surface area contributed by atoms with Crippen LogP contribution in [-0.2, 0) is 19.1 Å². The normalized spacial score (nSPS) is 19.4. The van der Waals surface area contributed by atoms with Gasteiger partial charge in [0.1, 0.15) is 0 Å². The average molecular weight is 790 g/mol. The first-order valence-electron chi connectivity index (χ1n) is 25.2. The molecule has 0 radical (unpaired) electrons. The van der Waals surface area contributed by atoms with Gasteiger partial charge in [-0.05, 0) is 89.6 Å². The van der Waals surface area contributed by atoms with Gasteiger partial charge in [-0.3, -0.25) is 9.59 Å². The lowest BCUT2D eigenvalue weighted by Crippen LogP contribution is -2.32. The minimum Gasteiger partial charge on any atom is -0.466 e. The number of nitrogens with zero attached hydrogens (tertiary/aromatic N) is 1. The zero-order valence-electron chi connectivity index (χ0n) is 37.4. The second-order valence-corrected chi connectivity index (χ2v) is 18.5. The molecule has 330 valence electrons. The number of ether oxygens (including phenoxy) is 2. The van der Waals surface area contributed by atoms with E-state index in [0.717, 1.165) is 70.8 Å². The summed E-state index contributed by atoms with van der Waals surface area (Å²) in [7, 11) is 2.24. The zero-order valence-corrected chi connectivity index (χ0v) is 37.4. The number of aliphatic hydroxyl groups excluding tert-OH is 1. The molecular weight excluding hydrogens is 695 g/mol. The Hall–Kier alpha value is -1.14. The summed E-state index contributed by atoms with van der Waals surface area (Å²) in [6.07, 6.45) is 49.1. The first-order chi connectivity index (χ1) is 27.6. The Bertz CT molecular complexity index is 788. The molecule has 0 aromatic heterocycles. The molecule has 0 bridgehead atoms. The van der Waals surface area contributed by atoms with Crippen LogP contribution < -0.4 is 0 Å². The van der Waals surface area contributed by atoms with Crippen molar-refractivity contribution < 1.29 is 24.2 Å². The fourth-order valence-corrected chi connectivity index (χ4v) is 9.48. The van der Waals surface area contributed by atoms with Crippen LogP contribution in [0.5, 0.6) is 0 Å². The minimum atomic E-state index is 0.0254. The van der Waals surface area contributed by atoms with Crippen molar-refractivity contribution in [2.45, 2.75) is 263 Å². The topological polar surface area (TPSA) is 76.1 Å². The minimum absolute atomic E-state index is 0.0254. The lowest BCUT2D eigenvalue weighted by atomic mass is 9.91. The van der Waals surface area contributed by atoms with Gasteiger partial charge in [-0.1, -0.05) is 180 Å². The maximum absolute atomic E-state index is 12.8. The Morgan fingerprint density at radius 2 is 0.786 bits per heavy atom. The number of carbonyl (C=O) groups excluding carboxylic acids is 2. The van der Waals surface area contributed by atoms with Gasteiger partial charge in [-0.15, -0.1) is 0 Å². The van der Waals surface area contributed by atoms with Crippen molar-refractivity contribution in [1.82, 2.24) is 4.90 Å². The number of hydrogen-bond donors (Lipinski definition) is 1. The van der Waals surface area contributed by atoms with E-state index in [1.165, 1.54) is 180 Å². The van der Waals surface area contributed by atoms with E-state index < -0.39 is 0 Å². The average Bonchev–Trinajstić information content (AvgIpc) is 3.21. The third kappa shape index (κ3) is 30.9. The van der Waals surface area contributed by atoms with Crippen LogP contribution in [0.1, 0.15) is 257 Å². The Kier molecular flexibility index (Phi) is 34.7. The van der Waals surface area contributed by atoms with Gasteiger partial charge in [0.05, 0.1) is 13.2 Å². The van der Waals surface area contributed by atoms with Crippen LogP contribution in [0.3, 0.4) is 0 Å². The van der Waals surface area contributed by atoms with E-state index >= 15 is 0 Å². The predicted molar refractivity (Wildman–Crippen MR) is 237 cm³/mol. The first-order valence-corrected chi connectivity index (χ1v) is 25.2. The van der Waals surface area contributed by atoms with Crippen molar-refractivity contribution in [3.63, 3.8) is 0 Å². The smallest absolute Gasteiger partial charge is 0.306 e. The lowest BCUT2D eigenvalue weighted by Gasteiger charge is -2.28. The van der Waals surface area contributed by atoms with E-state index in [1.807, 2.05) is 0 Å². The van der Waals surface area contributed by atoms with Crippen LogP contribution >= 0.6 is 0 Å². The third-order valence-corrected chi connectivity index (χ3v) is 13.3. The van der Waals surface area contributed by atoms with Gasteiger partial charge in [0.25, 0.3) is 0 Å². The fraction of sp³-hybridized carbons (Fsp3) is 0.960. The summed E-state index contributed by atoms with van der Waals surface area (Å²) in [6.45, 7) is 2.39. The molecule has 56 heavy (non-hydrogen) atoms. The van der Waals surface area contributed by atoms with Crippen LogP contribution in [0.4, 0.5) is 0 Å². The second-order valence-electron chi connectivity index (χ2n) is 18.5. The Morgan fingerprint density at radius 3 is 1.11 bits per heavy atom. The largest absolute Gasteiger partial charge is 0.466 e. The maximum Gasteiger partial charge on any atom is 0.306 e. The Labute approximate surface area is 348 Å². The van der Waals surface area contributed by atoms with Crippen LogP contribution in [0, 0.1) is 11.8 Å². The molecule has 0 saturated heterocycles. The van der Waals surface area contributed by atoms with E-state index in [9.17, 15) is 14.7 Å². The standard InChI is InChI=1S/C50H95NO5/c1-51(40-30-31-41-52)48(38-28-22-32-42-55-49(53)44-46-34-24-18-14-10-6-2-3-7-11-15-19-25-35-46)39-29-23-33-43-56-50(54)45-47-36-26-20-16-12-8-4-5-9-13-17-21-27-37-47/h46-48,52H,2-45H2,1H3. The molecule has 0 atom stereocenters. The van der Waals surface area contributed by atoms with E-state index in [2.05, 4.69) is 11.9 Å². The van der Waals surface area contributed by atoms with Crippen LogP contribution in [0.25, 0.3) is 0 Å². The lowest BCUT2D eigenvalue weighted by molar-refractivity contribution is -0.146. The highest BCUT2D eigenvalue weighted by molar-refractivity contribution is 5.70. The highest BCUT2D eigenvalue weighted by Gasteiger charge is 2.18. The maximum atomic E-state index is 12.8. The van der Waals surface area contributed by atoms with Crippen molar-refractivity contribution in [3.8, 4) is 0 Å². The molecule has 0 heterocycles. The molecule has 2 aliphatic rings. The quantitative estimate of drug-likeness (QED) is 0.0922. The molecule has 2 rings (SSSR count). The number of esters is 2. The van der Waals surface area contributed by atoms with Crippen molar-refractivity contribution in [1.29, 1.82) is 0 Å². The monoisotopic (exact) mass is 790 g/mol. The predicted octanol–water partition coefficient (Wildman–Crippen LogP) is 14.2. The SMILES string of the molecule is CN(CCCCO)C(CCCCCOC(=O)CC1CCCCCCCCCCCCCC1)CCCCCOC(=O)CC1CCCCCCCCCCCCCC1. The molecule has 0 unspecified atom stereocenters. The molecule has 0 spiro atoms. The van der Waals surface area contributed by atoms with Gasteiger partial charge in [0.2, 0.25) is 0 Å². The summed E-state index contributed by atoms with van der Waals surface area (Å²) < 4.78 is 11.6. The second kappa shape index (κ2) is 38.1. The summed E-state index contributed by atoms with van der Waals surface area (Å²) in [5, 5.41) is 9.32. The molecule has 6 heteroatoms. The zero-order chi connectivity index (χ0) is 40.0. The highest BCUT2D eigenvalue weighted by atomic mass is 16.5. The van der Waals surface area contributed by atoms with Gasteiger partial charge in [-0.25, -0.2) is 0 Å². The van der Waals surface area contributed by atoms with Crippen molar-refractivity contribution in [2.75, 3.05) is 33.4 Å². The molecule has 2 aliphatic carbocycles. The number of hydrogen-bond acceptors (Lipinski definition) is 6. The fourth-order valence-electron chi connectivity index (χ4n) is 9.48. The number of aliphatic hydroxyl groups is 1. The van der Waals surface area contributed by atoms with Gasteiger partial charge in [-0.2, -0.15) is 0 Å². The van der Waals surface area contributed by atoms with E-state index in [1.54, 1.807) is 0 Å². The van der Waals surface area contributed by atoms with Crippen molar-refractivity contribution in [3.05, 3.63) is 0 Å². The Morgan fingerprint density at radius 1 is 0.464 bits per heavy atom. The summed E-state index contributed by atoms with van der Waals surface area (Å²) in [5.74, 6) is 1.05. The highest BCUT2D eigenvalue weighted by Crippen LogP contribution is 2.26. The summed E-state index contributed by atoms with van der Waals surface area (Å²) in [5.41, 5.74) is 0. The van der Waals surface area contributed by atoms with Gasteiger partial charge >= 0.3 is 11.9 Å². The van der Waals surface area contributed by atoms with Gasteiger partial charge < -0.3 is 19.5 Å². The number of rotatable bonds is 21.